The molecule has 2 N–H and O–H groups in total. The van der Waals surface area contributed by atoms with Crippen molar-refractivity contribution in [3.63, 3.8) is 0 Å². The Hall–Kier alpha value is -2.48. The number of aliphatic hydroxyl groups is 1. The summed E-state index contributed by atoms with van der Waals surface area (Å²) in [6, 6.07) is -0.287. The van der Waals surface area contributed by atoms with E-state index in [2.05, 4.69) is 15.4 Å². The van der Waals surface area contributed by atoms with Crippen LogP contribution >= 0.6 is 0 Å². The first-order chi connectivity index (χ1) is 12.5. The van der Waals surface area contributed by atoms with E-state index < -0.39 is 0 Å². The second-order valence-electron chi connectivity index (χ2n) is 7.39. The summed E-state index contributed by atoms with van der Waals surface area (Å²) in [5, 5.41) is 17.0. The predicted octanol–water partition coefficient (Wildman–Crippen LogP) is 0.0195. The number of carbonyl (C=O) groups excluding carboxylic acids is 1. The summed E-state index contributed by atoms with van der Waals surface area (Å²) >= 11 is 0. The Kier molecular flexibility index (Phi) is 4.14. The standard InChI is InChI=1S/C18H23N5O3/c1-10(2)14(9-24)20-18(25)16-13-7-11-6-12(11)17(13)23(21-16)15-8-22(26-3)5-4-19-15/h4-5,8,10-12,14,24H,6-7,9H2,1-3H3/p+1. The van der Waals surface area contributed by atoms with E-state index in [0.29, 0.717) is 23.3 Å². The quantitative estimate of drug-likeness (QED) is 0.710. The van der Waals surface area contributed by atoms with Crippen molar-refractivity contribution in [1.82, 2.24) is 20.1 Å². The van der Waals surface area contributed by atoms with E-state index in [1.54, 1.807) is 35.1 Å². The highest BCUT2D eigenvalue weighted by molar-refractivity contribution is 5.94. The van der Waals surface area contributed by atoms with Crippen molar-refractivity contribution in [3.8, 4) is 5.82 Å². The lowest BCUT2D eigenvalue weighted by molar-refractivity contribution is -0.885. The molecule has 0 spiro atoms. The molecule has 2 aromatic heterocycles. The number of fused-ring (bicyclic) bond motifs is 3. The molecule has 0 aromatic carbocycles. The summed E-state index contributed by atoms with van der Waals surface area (Å²) < 4.78 is 3.33. The van der Waals surface area contributed by atoms with Crippen LogP contribution in [0.4, 0.5) is 0 Å². The maximum atomic E-state index is 12.8. The Morgan fingerprint density at radius 1 is 1.54 bits per heavy atom. The van der Waals surface area contributed by atoms with Gasteiger partial charge in [0.1, 0.15) is 7.11 Å². The van der Waals surface area contributed by atoms with E-state index in [1.165, 1.54) is 0 Å². The SMILES string of the molecule is CO[n+]1ccnc(-n2nc(C(=O)NC(CO)C(C)C)c3c2C2CC2C3)c1. The van der Waals surface area contributed by atoms with E-state index in [9.17, 15) is 9.90 Å². The average molecular weight is 358 g/mol. The van der Waals surface area contributed by atoms with Crippen LogP contribution in [0.5, 0.6) is 0 Å². The van der Waals surface area contributed by atoms with Crippen molar-refractivity contribution < 1.29 is 19.5 Å². The van der Waals surface area contributed by atoms with E-state index in [4.69, 9.17) is 4.84 Å². The van der Waals surface area contributed by atoms with Crippen LogP contribution in [0.1, 0.15) is 47.9 Å². The summed E-state index contributed by atoms with van der Waals surface area (Å²) in [5.41, 5.74) is 2.55. The zero-order chi connectivity index (χ0) is 18.4. The second-order valence-corrected chi connectivity index (χ2v) is 7.39. The van der Waals surface area contributed by atoms with Crippen molar-refractivity contribution in [2.75, 3.05) is 13.7 Å². The van der Waals surface area contributed by atoms with Gasteiger partial charge < -0.3 is 10.4 Å². The molecule has 2 aromatic rings. The predicted molar refractivity (Wildman–Crippen MR) is 91.8 cm³/mol. The zero-order valence-electron chi connectivity index (χ0n) is 15.2. The van der Waals surface area contributed by atoms with Crippen LogP contribution < -0.4 is 14.9 Å². The van der Waals surface area contributed by atoms with E-state index in [-0.39, 0.29) is 24.5 Å². The molecule has 0 aliphatic heterocycles. The lowest BCUT2D eigenvalue weighted by Gasteiger charge is -2.19. The summed E-state index contributed by atoms with van der Waals surface area (Å²) in [5.74, 6) is 1.60. The van der Waals surface area contributed by atoms with E-state index >= 15 is 0 Å². The van der Waals surface area contributed by atoms with Crippen molar-refractivity contribution in [2.45, 2.75) is 38.6 Å². The number of amides is 1. The summed E-state index contributed by atoms with van der Waals surface area (Å²) in [4.78, 5) is 22.4. The van der Waals surface area contributed by atoms with Crippen molar-refractivity contribution in [2.24, 2.45) is 11.8 Å². The normalized spacial score (nSPS) is 21.3. The molecule has 2 aliphatic carbocycles. The van der Waals surface area contributed by atoms with Gasteiger partial charge in [0, 0.05) is 16.2 Å². The van der Waals surface area contributed by atoms with Crippen LogP contribution in [-0.4, -0.2) is 45.5 Å². The van der Waals surface area contributed by atoms with Crippen molar-refractivity contribution in [1.29, 1.82) is 0 Å². The zero-order valence-corrected chi connectivity index (χ0v) is 15.2. The van der Waals surface area contributed by atoms with E-state index in [0.717, 1.165) is 24.1 Å². The van der Waals surface area contributed by atoms with Gasteiger partial charge in [-0.25, -0.2) is 9.67 Å². The molecule has 3 atom stereocenters. The van der Waals surface area contributed by atoms with Gasteiger partial charge in [0.25, 0.3) is 12.1 Å². The van der Waals surface area contributed by atoms with Crippen LogP contribution in [0, 0.1) is 11.8 Å². The Labute approximate surface area is 151 Å². The first-order valence-electron chi connectivity index (χ1n) is 8.99. The Bertz CT molecular complexity index is 847. The van der Waals surface area contributed by atoms with Gasteiger partial charge in [0.15, 0.2) is 5.69 Å². The fraction of sp³-hybridized carbons (Fsp3) is 0.556. The number of nitrogens with zero attached hydrogens (tertiary/aromatic N) is 4. The van der Waals surface area contributed by atoms with Crippen LogP contribution in [0.15, 0.2) is 18.6 Å². The number of hydrogen-bond donors (Lipinski definition) is 2. The van der Waals surface area contributed by atoms with Crippen LogP contribution in [0.2, 0.25) is 0 Å². The molecule has 3 unspecified atom stereocenters. The highest BCUT2D eigenvalue weighted by atomic mass is 16.6. The first kappa shape index (κ1) is 17.0. The third-order valence-electron chi connectivity index (χ3n) is 5.39. The van der Waals surface area contributed by atoms with Crippen LogP contribution in [0.3, 0.4) is 0 Å². The highest BCUT2D eigenvalue weighted by Gasteiger charge is 2.50. The Morgan fingerprint density at radius 2 is 2.35 bits per heavy atom. The smallest absolute Gasteiger partial charge is 0.272 e. The number of nitrogens with one attached hydrogen (secondary N) is 1. The van der Waals surface area contributed by atoms with Gasteiger partial charge in [0.05, 0.1) is 24.5 Å². The largest absolute Gasteiger partial charge is 0.394 e. The first-order valence-corrected chi connectivity index (χ1v) is 8.99. The lowest BCUT2D eigenvalue weighted by Crippen LogP contribution is -2.41. The van der Waals surface area contributed by atoms with Gasteiger partial charge >= 0.3 is 0 Å². The van der Waals surface area contributed by atoms with Gasteiger partial charge in [0.2, 0.25) is 12.0 Å². The molecule has 2 aliphatic rings. The van der Waals surface area contributed by atoms with Crippen LogP contribution in [-0.2, 0) is 6.42 Å². The van der Waals surface area contributed by atoms with Crippen molar-refractivity contribution >= 4 is 5.91 Å². The van der Waals surface area contributed by atoms with Gasteiger partial charge in [-0.2, -0.15) is 5.10 Å². The monoisotopic (exact) mass is 358 g/mol. The Morgan fingerprint density at radius 3 is 3.04 bits per heavy atom. The van der Waals surface area contributed by atoms with Gasteiger partial charge in [-0.15, -0.1) is 0 Å². The van der Waals surface area contributed by atoms with Gasteiger partial charge in [-0.05, 0) is 24.7 Å². The third-order valence-corrected chi connectivity index (χ3v) is 5.39. The second kappa shape index (κ2) is 6.35. The van der Waals surface area contributed by atoms with Gasteiger partial charge in [-0.1, -0.05) is 13.8 Å². The van der Waals surface area contributed by atoms with Gasteiger partial charge in [-0.3, -0.25) is 9.63 Å². The lowest BCUT2D eigenvalue weighted by atomic mass is 10.0. The number of carbonyl (C=O) groups is 1. The molecular weight excluding hydrogens is 334 g/mol. The maximum Gasteiger partial charge on any atom is 0.272 e. The topological polar surface area (TPSA) is 93.2 Å². The fourth-order valence-corrected chi connectivity index (χ4v) is 3.72. The maximum absolute atomic E-state index is 12.8. The molecular formula is C18H24N5O3+. The molecule has 138 valence electrons. The minimum Gasteiger partial charge on any atom is -0.394 e. The fourth-order valence-electron chi connectivity index (χ4n) is 3.72. The van der Waals surface area contributed by atoms with Crippen molar-refractivity contribution in [3.05, 3.63) is 35.5 Å². The number of aliphatic hydroxyl groups excluding tert-OH is 1. The summed E-state index contributed by atoms with van der Waals surface area (Å²) in [7, 11) is 1.58. The number of rotatable bonds is 6. The van der Waals surface area contributed by atoms with E-state index in [1.807, 2.05) is 13.8 Å². The summed E-state index contributed by atoms with van der Waals surface area (Å²) in [6.45, 7) is 3.85. The minimum atomic E-state index is -0.287. The molecule has 1 saturated carbocycles. The highest BCUT2D eigenvalue weighted by Crippen LogP contribution is 2.57. The molecule has 0 bridgehead atoms. The van der Waals surface area contributed by atoms with Crippen LogP contribution in [0.25, 0.3) is 5.82 Å². The average Bonchev–Trinajstić information content (AvgIpc) is 3.14. The molecule has 1 amide bonds. The third kappa shape index (κ3) is 2.74. The number of aromatic nitrogens is 4. The summed E-state index contributed by atoms with van der Waals surface area (Å²) in [6.07, 6.45) is 7.12. The molecule has 8 nitrogen and oxygen atoms in total. The molecule has 0 radical (unpaired) electrons. The minimum absolute atomic E-state index is 0.0916. The molecule has 1 fully saturated rings. The molecule has 0 saturated heterocycles. The molecule has 26 heavy (non-hydrogen) atoms. The molecule has 8 heteroatoms. The molecule has 2 heterocycles. The Balaban J connectivity index is 1.71. The molecule has 4 rings (SSSR count). The number of hydrogen-bond acceptors (Lipinski definition) is 5.